The Bertz CT molecular complexity index is 651. The number of aromatic nitrogens is 1. The number of carbonyl (C=O) groups excluding carboxylic acids is 2. The third-order valence-corrected chi connectivity index (χ3v) is 3.39. The summed E-state index contributed by atoms with van der Waals surface area (Å²) in [6, 6.07) is 11.2. The van der Waals surface area contributed by atoms with E-state index in [0.717, 1.165) is 5.56 Å². The van der Waals surface area contributed by atoms with Crippen molar-refractivity contribution < 1.29 is 14.1 Å². The Morgan fingerprint density at radius 3 is 2.86 bits per heavy atom. The summed E-state index contributed by atoms with van der Waals surface area (Å²) in [5.41, 5.74) is 1.52. The van der Waals surface area contributed by atoms with Gasteiger partial charge in [0.15, 0.2) is 0 Å². The van der Waals surface area contributed by atoms with Crippen LogP contribution >= 0.6 is 0 Å². The third-order valence-electron chi connectivity index (χ3n) is 3.39. The number of carbonyl (C=O) groups is 2. The number of benzene rings is 1. The molecule has 1 aromatic carbocycles. The second-order valence-corrected chi connectivity index (χ2v) is 4.83. The predicted octanol–water partition coefficient (Wildman–Crippen LogP) is 1.30. The van der Waals surface area contributed by atoms with Gasteiger partial charge < -0.3 is 14.7 Å². The molecule has 1 aromatic heterocycles. The van der Waals surface area contributed by atoms with Crippen molar-refractivity contribution in [3.05, 3.63) is 42.2 Å². The summed E-state index contributed by atoms with van der Waals surface area (Å²) in [7, 11) is 0. The molecule has 1 fully saturated rings. The molecule has 6 nitrogen and oxygen atoms in total. The van der Waals surface area contributed by atoms with Gasteiger partial charge in [0, 0.05) is 37.7 Å². The zero-order valence-corrected chi connectivity index (χ0v) is 11.4. The van der Waals surface area contributed by atoms with Gasteiger partial charge in [-0.2, -0.15) is 0 Å². The molecule has 108 valence electrons. The van der Waals surface area contributed by atoms with Gasteiger partial charge in [0.25, 0.3) is 5.91 Å². The molecule has 0 atom stereocenters. The van der Waals surface area contributed by atoms with Crippen LogP contribution < -0.4 is 5.32 Å². The van der Waals surface area contributed by atoms with Gasteiger partial charge in [0.05, 0.1) is 0 Å². The summed E-state index contributed by atoms with van der Waals surface area (Å²) in [4.78, 5) is 25.3. The van der Waals surface area contributed by atoms with Gasteiger partial charge in [-0.05, 0) is 0 Å². The molecule has 0 spiro atoms. The lowest BCUT2D eigenvalue weighted by Crippen LogP contribution is -2.34. The van der Waals surface area contributed by atoms with E-state index in [1.54, 1.807) is 11.0 Å². The van der Waals surface area contributed by atoms with Crippen molar-refractivity contribution in [1.29, 1.82) is 0 Å². The lowest BCUT2D eigenvalue weighted by atomic mass is 10.1. The number of amides is 2. The molecule has 0 bridgehead atoms. The fourth-order valence-corrected chi connectivity index (χ4v) is 2.25. The highest BCUT2D eigenvalue weighted by Crippen LogP contribution is 2.19. The molecule has 0 unspecified atom stereocenters. The number of rotatable bonds is 2. The molecule has 1 N–H and O–H groups in total. The highest BCUT2D eigenvalue weighted by atomic mass is 16.5. The zero-order valence-electron chi connectivity index (χ0n) is 11.4. The maximum atomic E-state index is 12.4. The van der Waals surface area contributed by atoms with Gasteiger partial charge in [-0.1, -0.05) is 35.5 Å². The van der Waals surface area contributed by atoms with Crippen molar-refractivity contribution in [2.24, 2.45) is 0 Å². The Morgan fingerprint density at radius 1 is 1.24 bits per heavy atom. The number of hydrogen-bond acceptors (Lipinski definition) is 4. The van der Waals surface area contributed by atoms with Gasteiger partial charge in [-0.3, -0.25) is 9.59 Å². The largest absolute Gasteiger partial charge is 0.354 e. The van der Waals surface area contributed by atoms with Gasteiger partial charge in [-0.15, -0.1) is 0 Å². The summed E-state index contributed by atoms with van der Waals surface area (Å²) in [6.07, 6.45) is 0.311. The molecule has 0 aliphatic carbocycles. The summed E-state index contributed by atoms with van der Waals surface area (Å²) in [6.45, 7) is 1.34. The third kappa shape index (κ3) is 2.94. The minimum absolute atomic E-state index is 0.0344. The molecule has 3 rings (SSSR count). The predicted molar refractivity (Wildman–Crippen MR) is 75.5 cm³/mol. The molecule has 21 heavy (non-hydrogen) atoms. The van der Waals surface area contributed by atoms with Gasteiger partial charge in [0.1, 0.15) is 5.69 Å². The molecule has 0 radical (unpaired) electrons. The van der Waals surface area contributed by atoms with Crippen LogP contribution in [0.15, 0.2) is 40.9 Å². The molecule has 1 aliphatic rings. The van der Waals surface area contributed by atoms with E-state index in [1.807, 2.05) is 30.3 Å². The summed E-state index contributed by atoms with van der Waals surface area (Å²) in [5.74, 6) is -0.0720. The average molecular weight is 285 g/mol. The van der Waals surface area contributed by atoms with Crippen LogP contribution in [0, 0.1) is 0 Å². The quantitative estimate of drug-likeness (QED) is 0.902. The van der Waals surface area contributed by atoms with Crippen LogP contribution in [0.5, 0.6) is 0 Å². The Hall–Kier alpha value is -2.63. The van der Waals surface area contributed by atoms with Crippen LogP contribution in [0.2, 0.25) is 0 Å². The summed E-state index contributed by atoms with van der Waals surface area (Å²) < 4.78 is 5.16. The number of nitrogens with one attached hydrogen (secondary N) is 1. The van der Waals surface area contributed by atoms with Crippen LogP contribution in [0.3, 0.4) is 0 Å². The molecular formula is C15H15N3O3. The summed E-state index contributed by atoms with van der Waals surface area (Å²) in [5, 5.41) is 6.67. The Morgan fingerprint density at radius 2 is 2.05 bits per heavy atom. The first kappa shape index (κ1) is 13.4. The van der Waals surface area contributed by atoms with E-state index < -0.39 is 0 Å². The first-order valence-electron chi connectivity index (χ1n) is 6.82. The molecule has 2 aromatic rings. The fourth-order valence-electron chi connectivity index (χ4n) is 2.25. The van der Waals surface area contributed by atoms with Crippen molar-refractivity contribution in [3.8, 4) is 11.3 Å². The molecule has 2 amide bonds. The van der Waals surface area contributed by atoms with E-state index in [4.69, 9.17) is 4.52 Å². The average Bonchev–Trinajstić information content (AvgIpc) is 2.91. The van der Waals surface area contributed by atoms with E-state index in [-0.39, 0.29) is 17.6 Å². The number of hydrogen-bond donors (Lipinski definition) is 1. The molecule has 1 saturated heterocycles. The highest BCUT2D eigenvalue weighted by molar-refractivity contribution is 5.93. The van der Waals surface area contributed by atoms with Crippen LogP contribution in [0.1, 0.15) is 17.0 Å². The summed E-state index contributed by atoms with van der Waals surface area (Å²) >= 11 is 0. The highest BCUT2D eigenvalue weighted by Gasteiger charge is 2.23. The first-order valence-corrected chi connectivity index (χ1v) is 6.82. The van der Waals surface area contributed by atoms with Crippen molar-refractivity contribution in [1.82, 2.24) is 15.4 Å². The van der Waals surface area contributed by atoms with E-state index >= 15 is 0 Å². The second kappa shape index (κ2) is 5.78. The Labute approximate surface area is 121 Å². The van der Waals surface area contributed by atoms with Crippen molar-refractivity contribution in [2.45, 2.75) is 6.42 Å². The van der Waals surface area contributed by atoms with Gasteiger partial charge in [0.2, 0.25) is 11.7 Å². The topological polar surface area (TPSA) is 75.4 Å². The van der Waals surface area contributed by atoms with Crippen LogP contribution in [-0.2, 0) is 4.79 Å². The van der Waals surface area contributed by atoms with Crippen LogP contribution in [0.4, 0.5) is 0 Å². The van der Waals surface area contributed by atoms with Crippen molar-refractivity contribution in [2.75, 3.05) is 19.6 Å². The molecule has 2 heterocycles. The smallest absolute Gasteiger partial charge is 0.292 e. The van der Waals surface area contributed by atoms with E-state index in [1.165, 1.54) is 0 Å². The lowest BCUT2D eigenvalue weighted by molar-refractivity contribution is -0.120. The normalized spacial score (nSPS) is 15.4. The standard InChI is InChI=1S/C15H15N3O3/c19-14-6-8-18(9-7-16-14)15(20)13-10-12(17-21-13)11-4-2-1-3-5-11/h1-5,10H,6-9H2,(H,16,19). The number of nitrogens with zero attached hydrogens (tertiary/aromatic N) is 2. The van der Waals surface area contributed by atoms with E-state index in [2.05, 4.69) is 10.5 Å². The van der Waals surface area contributed by atoms with Gasteiger partial charge in [-0.25, -0.2) is 0 Å². The zero-order chi connectivity index (χ0) is 14.7. The fraction of sp³-hybridized carbons (Fsp3) is 0.267. The maximum absolute atomic E-state index is 12.4. The van der Waals surface area contributed by atoms with Crippen LogP contribution in [-0.4, -0.2) is 41.5 Å². The van der Waals surface area contributed by atoms with Crippen molar-refractivity contribution >= 4 is 11.8 Å². The van der Waals surface area contributed by atoms with E-state index in [0.29, 0.717) is 31.7 Å². The first-order chi connectivity index (χ1) is 10.2. The molecular weight excluding hydrogens is 270 g/mol. The molecule has 0 saturated carbocycles. The lowest BCUT2D eigenvalue weighted by Gasteiger charge is -2.17. The van der Waals surface area contributed by atoms with Crippen molar-refractivity contribution in [3.63, 3.8) is 0 Å². The van der Waals surface area contributed by atoms with Crippen LogP contribution in [0.25, 0.3) is 11.3 Å². The monoisotopic (exact) mass is 285 g/mol. The Kier molecular flexibility index (Phi) is 3.68. The molecule has 1 aliphatic heterocycles. The minimum Gasteiger partial charge on any atom is -0.354 e. The Balaban J connectivity index is 1.76. The second-order valence-electron chi connectivity index (χ2n) is 4.83. The maximum Gasteiger partial charge on any atom is 0.292 e. The SMILES string of the molecule is O=C1CCN(C(=O)c2cc(-c3ccccc3)no2)CCN1. The molecule has 6 heteroatoms. The van der Waals surface area contributed by atoms with Gasteiger partial charge >= 0.3 is 0 Å². The minimum atomic E-state index is -0.235. The van der Waals surface area contributed by atoms with E-state index in [9.17, 15) is 9.59 Å².